The lowest BCUT2D eigenvalue weighted by atomic mass is 10.0. The zero-order valence-electron chi connectivity index (χ0n) is 25.6. The van der Waals surface area contributed by atoms with Crippen molar-refractivity contribution in [1.82, 2.24) is 31.9 Å². The van der Waals surface area contributed by atoms with Gasteiger partial charge in [0.2, 0.25) is 41.4 Å². The molecule has 0 heterocycles. The van der Waals surface area contributed by atoms with Gasteiger partial charge in [0.25, 0.3) is 0 Å². The van der Waals surface area contributed by atoms with E-state index in [4.69, 9.17) is 5.73 Å². The molecule has 0 fully saturated rings. The van der Waals surface area contributed by atoms with Gasteiger partial charge in [-0.2, -0.15) is 0 Å². The molecule has 240 valence electrons. The third-order valence-corrected chi connectivity index (χ3v) is 6.34. The molecule has 0 aromatic carbocycles. The Balaban J connectivity index is 5.36. The van der Waals surface area contributed by atoms with E-state index >= 15 is 0 Å². The number of carbonyl (C=O) groups is 7. The van der Waals surface area contributed by atoms with Gasteiger partial charge in [0.05, 0.1) is 0 Å². The Morgan fingerprint density at radius 2 is 1.00 bits per heavy atom. The molecule has 0 rings (SSSR count). The fourth-order valence-electron chi connectivity index (χ4n) is 4.19. The summed E-state index contributed by atoms with van der Waals surface area (Å²) >= 11 is 0. The molecule has 3 atom stereocenters. The molecule has 0 saturated carbocycles. The predicted molar refractivity (Wildman–Crippen MR) is 157 cm³/mol. The van der Waals surface area contributed by atoms with Crippen molar-refractivity contribution >= 4 is 41.4 Å². The molecule has 7 amide bonds. The van der Waals surface area contributed by atoms with Crippen LogP contribution in [0, 0.1) is 0 Å². The minimum absolute atomic E-state index is 0.0560. The SMILES string of the molecule is CCNC(=O)CCCCC[C@H](NC(=O)[C@H](CCCCNC(C)=O)NC(C)=O)C(=O)N[C@@H](CCCCNC(C)=O)C(N)=O. The van der Waals surface area contributed by atoms with E-state index in [0.29, 0.717) is 77.4 Å². The van der Waals surface area contributed by atoms with Crippen LogP contribution in [0.25, 0.3) is 0 Å². The monoisotopic (exact) mass is 597 g/mol. The van der Waals surface area contributed by atoms with Crippen LogP contribution < -0.4 is 37.6 Å². The molecule has 8 N–H and O–H groups in total. The van der Waals surface area contributed by atoms with Gasteiger partial charge >= 0.3 is 0 Å². The number of carbonyl (C=O) groups excluding carboxylic acids is 7. The van der Waals surface area contributed by atoms with Gasteiger partial charge in [0, 0.05) is 46.8 Å². The predicted octanol–water partition coefficient (Wildman–Crippen LogP) is -0.355. The first-order chi connectivity index (χ1) is 19.9. The Labute approximate surface area is 248 Å². The maximum atomic E-state index is 13.3. The van der Waals surface area contributed by atoms with Gasteiger partial charge in [0.15, 0.2) is 0 Å². The van der Waals surface area contributed by atoms with E-state index in [1.807, 2.05) is 6.92 Å². The highest BCUT2D eigenvalue weighted by Gasteiger charge is 2.28. The summed E-state index contributed by atoms with van der Waals surface area (Å²) < 4.78 is 0. The van der Waals surface area contributed by atoms with Gasteiger partial charge in [-0.15, -0.1) is 0 Å². The van der Waals surface area contributed by atoms with Gasteiger partial charge in [-0.1, -0.05) is 12.8 Å². The lowest BCUT2D eigenvalue weighted by Crippen LogP contribution is -2.56. The highest BCUT2D eigenvalue weighted by atomic mass is 16.2. The average Bonchev–Trinajstić information content (AvgIpc) is 2.89. The van der Waals surface area contributed by atoms with Gasteiger partial charge < -0.3 is 37.6 Å². The second-order valence-electron chi connectivity index (χ2n) is 10.3. The summed E-state index contributed by atoms with van der Waals surface area (Å²) in [7, 11) is 0. The summed E-state index contributed by atoms with van der Waals surface area (Å²) in [5.41, 5.74) is 5.52. The maximum Gasteiger partial charge on any atom is 0.243 e. The molecule has 0 aliphatic carbocycles. The summed E-state index contributed by atoms with van der Waals surface area (Å²) in [5, 5.41) is 16.0. The lowest BCUT2D eigenvalue weighted by Gasteiger charge is -2.25. The molecule has 0 aromatic heterocycles. The quantitative estimate of drug-likeness (QED) is 0.0775. The van der Waals surface area contributed by atoms with Crippen LogP contribution in [0.2, 0.25) is 0 Å². The largest absolute Gasteiger partial charge is 0.368 e. The van der Waals surface area contributed by atoms with E-state index < -0.39 is 41.8 Å². The summed E-state index contributed by atoms with van der Waals surface area (Å²) in [6.07, 6.45) is 5.17. The van der Waals surface area contributed by atoms with Crippen molar-refractivity contribution < 1.29 is 33.6 Å². The van der Waals surface area contributed by atoms with E-state index in [1.54, 1.807) is 0 Å². The first-order valence-corrected chi connectivity index (χ1v) is 14.8. The molecule has 42 heavy (non-hydrogen) atoms. The van der Waals surface area contributed by atoms with Crippen molar-refractivity contribution in [1.29, 1.82) is 0 Å². The van der Waals surface area contributed by atoms with E-state index in [2.05, 4.69) is 31.9 Å². The van der Waals surface area contributed by atoms with Crippen LogP contribution in [0.1, 0.15) is 98.3 Å². The van der Waals surface area contributed by atoms with Crippen LogP contribution in [-0.4, -0.2) is 79.1 Å². The Kier molecular flexibility index (Phi) is 20.9. The number of primary amides is 1. The molecule has 0 bridgehead atoms. The Hall–Kier alpha value is -3.71. The minimum Gasteiger partial charge on any atom is -0.368 e. The first kappa shape index (κ1) is 38.3. The molecular formula is C28H51N7O7. The highest BCUT2D eigenvalue weighted by Crippen LogP contribution is 2.10. The summed E-state index contributed by atoms with van der Waals surface area (Å²) in [4.78, 5) is 84.1. The zero-order valence-corrected chi connectivity index (χ0v) is 25.6. The first-order valence-electron chi connectivity index (χ1n) is 14.8. The van der Waals surface area contributed by atoms with Crippen LogP contribution in [0.3, 0.4) is 0 Å². The Morgan fingerprint density at radius 3 is 1.45 bits per heavy atom. The van der Waals surface area contributed by atoms with Crippen molar-refractivity contribution in [3.63, 3.8) is 0 Å². The van der Waals surface area contributed by atoms with E-state index in [9.17, 15) is 33.6 Å². The molecule has 0 saturated heterocycles. The van der Waals surface area contributed by atoms with Crippen molar-refractivity contribution in [3.8, 4) is 0 Å². The lowest BCUT2D eigenvalue weighted by molar-refractivity contribution is -0.133. The van der Waals surface area contributed by atoms with Crippen molar-refractivity contribution in [2.45, 2.75) is 116 Å². The van der Waals surface area contributed by atoms with E-state index in [-0.39, 0.29) is 30.6 Å². The molecule has 0 aliphatic rings. The normalized spacial score (nSPS) is 12.7. The van der Waals surface area contributed by atoms with Gasteiger partial charge in [0.1, 0.15) is 18.1 Å². The highest BCUT2D eigenvalue weighted by molar-refractivity contribution is 5.93. The van der Waals surface area contributed by atoms with E-state index in [0.717, 1.165) is 0 Å². The Morgan fingerprint density at radius 1 is 0.548 bits per heavy atom. The van der Waals surface area contributed by atoms with Crippen LogP contribution in [0.4, 0.5) is 0 Å². The van der Waals surface area contributed by atoms with Gasteiger partial charge in [-0.3, -0.25) is 33.6 Å². The van der Waals surface area contributed by atoms with E-state index in [1.165, 1.54) is 20.8 Å². The number of hydrogen-bond acceptors (Lipinski definition) is 7. The third-order valence-electron chi connectivity index (χ3n) is 6.34. The standard InChI is InChI=1S/C28H51N7O7/c1-5-30-25(39)16-8-6-7-14-24(28(42)34-22(26(29)40)13-9-11-17-31-19(2)36)35-27(41)23(33-21(4)38)15-10-12-18-32-20(3)37/h22-24H,5-18H2,1-4H3,(H2,29,40)(H,30,39)(H,31,36)(H,32,37)(H,33,38)(H,34,42)(H,35,41)/t22-,23-,24-/m0/s1. The third kappa shape index (κ3) is 20.2. The number of unbranched alkanes of at least 4 members (excludes halogenated alkanes) is 4. The number of nitrogens with one attached hydrogen (secondary N) is 6. The average molecular weight is 598 g/mol. The number of nitrogens with two attached hydrogens (primary N) is 1. The minimum atomic E-state index is -1.00. The smallest absolute Gasteiger partial charge is 0.243 e. The fraction of sp³-hybridized carbons (Fsp3) is 0.750. The number of rotatable bonds is 23. The van der Waals surface area contributed by atoms with Crippen LogP contribution >= 0.6 is 0 Å². The number of amides is 7. The van der Waals surface area contributed by atoms with Crippen molar-refractivity contribution in [2.24, 2.45) is 5.73 Å². The van der Waals surface area contributed by atoms with Crippen molar-refractivity contribution in [2.75, 3.05) is 19.6 Å². The van der Waals surface area contributed by atoms with Crippen LogP contribution in [-0.2, 0) is 33.6 Å². The summed E-state index contributed by atoms with van der Waals surface area (Å²) in [5.74, 6) is -2.62. The molecule has 0 radical (unpaired) electrons. The van der Waals surface area contributed by atoms with Gasteiger partial charge in [-0.05, 0) is 58.3 Å². The summed E-state index contributed by atoms with van der Waals surface area (Å²) in [6, 6.07) is -2.86. The molecule has 0 aromatic rings. The molecule has 0 spiro atoms. The zero-order chi connectivity index (χ0) is 31.9. The molecule has 14 heteroatoms. The second kappa shape index (κ2) is 22.9. The van der Waals surface area contributed by atoms with Crippen LogP contribution in [0.5, 0.6) is 0 Å². The fourth-order valence-corrected chi connectivity index (χ4v) is 4.19. The van der Waals surface area contributed by atoms with Crippen molar-refractivity contribution in [3.05, 3.63) is 0 Å². The molecular weight excluding hydrogens is 546 g/mol. The van der Waals surface area contributed by atoms with Gasteiger partial charge in [-0.25, -0.2) is 0 Å². The topological polar surface area (TPSA) is 218 Å². The van der Waals surface area contributed by atoms with Crippen LogP contribution in [0.15, 0.2) is 0 Å². The summed E-state index contributed by atoms with van der Waals surface area (Å²) in [6.45, 7) is 7.35. The second-order valence-corrected chi connectivity index (χ2v) is 10.3. The Bertz CT molecular complexity index is 898. The molecule has 14 nitrogen and oxygen atoms in total. The molecule has 0 aliphatic heterocycles. The maximum absolute atomic E-state index is 13.3. The number of hydrogen-bond donors (Lipinski definition) is 7. The molecule has 0 unspecified atom stereocenters.